The zero-order valence-corrected chi connectivity index (χ0v) is 11.8. The highest BCUT2D eigenvalue weighted by Gasteiger charge is 2.19. The lowest BCUT2D eigenvalue weighted by molar-refractivity contribution is 0.141. The Balaban J connectivity index is 2.70. The summed E-state index contributed by atoms with van der Waals surface area (Å²) >= 11 is 0. The summed E-state index contributed by atoms with van der Waals surface area (Å²) < 4.78 is 12.6. The maximum absolute atomic E-state index is 6.24. The molecule has 1 heterocycles. The van der Waals surface area contributed by atoms with E-state index in [1.165, 1.54) is 0 Å². The number of methoxy groups -OCH3 is 1. The second kappa shape index (κ2) is 7.38. The number of hydrogen-bond donors (Lipinski definition) is 1. The van der Waals surface area contributed by atoms with Gasteiger partial charge < -0.3 is 15.2 Å². The molecule has 1 unspecified atom stereocenters. The Morgan fingerprint density at radius 1 is 1.44 bits per heavy atom. The van der Waals surface area contributed by atoms with Crippen LogP contribution in [0.15, 0.2) is 6.20 Å². The Bertz CT molecular complexity index is 350. The van der Waals surface area contributed by atoms with Crippen molar-refractivity contribution >= 4 is 0 Å². The number of aromatic nitrogens is 2. The Labute approximate surface area is 109 Å². The first-order valence-corrected chi connectivity index (χ1v) is 6.56. The molecule has 0 fully saturated rings. The number of rotatable bonds is 8. The molecule has 0 amide bonds. The highest BCUT2D eigenvalue weighted by Crippen LogP contribution is 2.28. The average Bonchev–Trinajstić information content (AvgIpc) is 2.78. The molecule has 1 aromatic heterocycles. The number of hydrogen-bond acceptors (Lipinski definition) is 4. The standard InChI is InChI=1S/C13H25N3O2/c1-5-18-8-6-7-11(14)13-12(17-4)9-15-16(13)10(2)3/h9-11H,5-8,14H2,1-4H3. The second-order valence-electron chi connectivity index (χ2n) is 4.58. The number of ether oxygens (including phenoxy) is 2. The van der Waals surface area contributed by atoms with Crippen LogP contribution in [0.25, 0.3) is 0 Å². The smallest absolute Gasteiger partial charge is 0.161 e. The van der Waals surface area contributed by atoms with Crippen LogP contribution in [0, 0.1) is 0 Å². The second-order valence-corrected chi connectivity index (χ2v) is 4.58. The molecule has 18 heavy (non-hydrogen) atoms. The fourth-order valence-corrected chi connectivity index (χ4v) is 1.96. The molecule has 1 aromatic rings. The Morgan fingerprint density at radius 2 is 2.17 bits per heavy atom. The Hall–Kier alpha value is -1.07. The first kappa shape index (κ1) is 15.0. The Kier molecular flexibility index (Phi) is 6.15. The molecule has 2 N–H and O–H groups in total. The third-order valence-electron chi connectivity index (χ3n) is 2.87. The molecule has 0 aliphatic rings. The molecule has 0 saturated heterocycles. The average molecular weight is 255 g/mol. The van der Waals surface area contributed by atoms with E-state index in [4.69, 9.17) is 15.2 Å². The van der Waals surface area contributed by atoms with Crippen LogP contribution in [-0.4, -0.2) is 30.1 Å². The summed E-state index contributed by atoms with van der Waals surface area (Å²) in [6.45, 7) is 7.67. The Morgan fingerprint density at radius 3 is 2.72 bits per heavy atom. The first-order valence-electron chi connectivity index (χ1n) is 6.56. The van der Waals surface area contributed by atoms with E-state index in [1.54, 1.807) is 13.3 Å². The van der Waals surface area contributed by atoms with Crippen molar-refractivity contribution in [2.75, 3.05) is 20.3 Å². The van der Waals surface area contributed by atoms with Gasteiger partial charge in [-0.15, -0.1) is 0 Å². The molecule has 0 aromatic carbocycles. The summed E-state index contributed by atoms with van der Waals surface area (Å²) in [5.74, 6) is 0.771. The fourth-order valence-electron chi connectivity index (χ4n) is 1.96. The van der Waals surface area contributed by atoms with Crippen molar-refractivity contribution in [1.82, 2.24) is 9.78 Å². The molecule has 0 aliphatic heterocycles. The molecule has 0 saturated carbocycles. The molecule has 5 nitrogen and oxygen atoms in total. The van der Waals surface area contributed by atoms with E-state index in [0.717, 1.165) is 37.5 Å². The first-order chi connectivity index (χ1) is 8.61. The predicted octanol–water partition coefficient (Wildman–Crippen LogP) is 2.29. The topological polar surface area (TPSA) is 62.3 Å². The molecule has 0 aliphatic carbocycles. The molecule has 1 atom stereocenters. The fraction of sp³-hybridized carbons (Fsp3) is 0.769. The minimum Gasteiger partial charge on any atom is -0.493 e. The van der Waals surface area contributed by atoms with Gasteiger partial charge in [0.15, 0.2) is 5.75 Å². The quantitative estimate of drug-likeness (QED) is 0.724. The van der Waals surface area contributed by atoms with Crippen LogP contribution in [-0.2, 0) is 4.74 Å². The maximum atomic E-state index is 6.24. The highest BCUT2D eigenvalue weighted by atomic mass is 16.5. The molecule has 0 spiro atoms. The van der Waals surface area contributed by atoms with Gasteiger partial charge in [0.1, 0.15) is 0 Å². The van der Waals surface area contributed by atoms with Gasteiger partial charge in [-0.2, -0.15) is 5.10 Å². The van der Waals surface area contributed by atoms with Gasteiger partial charge in [0.25, 0.3) is 0 Å². The minimum atomic E-state index is -0.0645. The van der Waals surface area contributed by atoms with E-state index < -0.39 is 0 Å². The molecular formula is C13H25N3O2. The molecule has 1 rings (SSSR count). The van der Waals surface area contributed by atoms with Crippen LogP contribution in [0.2, 0.25) is 0 Å². The lowest BCUT2D eigenvalue weighted by Crippen LogP contribution is -2.19. The third-order valence-corrected chi connectivity index (χ3v) is 2.87. The van der Waals surface area contributed by atoms with Crippen molar-refractivity contribution in [2.24, 2.45) is 5.73 Å². The monoisotopic (exact) mass is 255 g/mol. The van der Waals surface area contributed by atoms with Crippen molar-refractivity contribution < 1.29 is 9.47 Å². The van der Waals surface area contributed by atoms with Gasteiger partial charge >= 0.3 is 0 Å². The summed E-state index contributed by atoms with van der Waals surface area (Å²) in [7, 11) is 1.65. The number of nitrogens with two attached hydrogens (primary N) is 1. The van der Waals surface area contributed by atoms with E-state index in [1.807, 2.05) is 11.6 Å². The van der Waals surface area contributed by atoms with Gasteiger partial charge in [-0.3, -0.25) is 4.68 Å². The zero-order valence-electron chi connectivity index (χ0n) is 11.8. The number of nitrogens with zero attached hydrogens (tertiary/aromatic N) is 2. The van der Waals surface area contributed by atoms with Gasteiger partial charge in [0, 0.05) is 19.3 Å². The summed E-state index contributed by atoms with van der Waals surface area (Å²) in [4.78, 5) is 0. The third kappa shape index (κ3) is 3.71. The van der Waals surface area contributed by atoms with Gasteiger partial charge in [0.05, 0.1) is 25.0 Å². The van der Waals surface area contributed by atoms with E-state index in [-0.39, 0.29) is 12.1 Å². The summed E-state index contributed by atoms with van der Waals surface area (Å²) in [6, 6.07) is 0.215. The predicted molar refractivity (Wildman–Crippen MR) is 71.8 cm³/mol. The van der Waals surface area contributed by atoms with Crippen molar-refractivity contribution in [3.63, 3.8) is 0 Å². The van der Waals surface area contributed by atoms with Crippen molar-refractivity contribution in [3.8, 4) is 5.75 Å². The van der Waals surface area contributed by atoms with Gasteiger partial charge in [-0.25, -0.2) is 0 Å². The molecule has 0 bridgehead atoms. The lowest BCUT2D eigenvalue weighted by atomic mass is 10.1. The molecule has 0 radical (unpaired) electrons. The summed E-state index contributed by atoms with van der Waals surface area (Å²) in [5.41, 5.74) is 7.22. The molecular weight excluding hydrogens is 230 g/mol. The van der Waals surface area contributed by atoms with Crippen LogP contribution in [0.5, 0.6) is 5.75 Å². The van der Waals surface area contributed by atoms with E-state index in [9.17, 15) is 0 Å². The highest BCUT2D eigenvalue weighted by molar-refractivity contribution is 5.28. The largest absolute Gasteiger partial charge is 0.493 e. The van der Waals surface area contributed by atoms with Gasteiger partial charge in [-0.05, 0) is 33.6 Å². The normalized spacial score (nSPS) is 13.0. The maximum Gasteiger partial charge on any atom is 0.161 e. The van der Waals surface area contributed by atoms with Crippen LogP contribution >= 0.6 is 0 Å². The van der Waals surface area contributed by atoms with Crippen molar-refractivity contribution in [1.29, 1.82) is 0 Å². The summed E-state index contributed by atoms with van der Waals surface area (Å²) in [6.07, 6.45) is 3.55. The minimum absolute atomic E-state index is 0.0645. The van der Waals surface area contributed by atoms with Crippen LogP contribution < -0.4 is 10.5 Å². The van der Waals surface area contributed by atoms with E-state index in [2.05, 4.69) is 18.9 Å². The van der Waals surface area contributed by atoms with Crippen LogP contribution in [0.1, 0.15) is 51.4 Å². The summed E-state index contributed by atoms with van der Waals surface area (Å²) in [5, 5.41) is 4.33. The lowest BCUT2D eigenvalue weighted by Gasteiger charge is -2.18. The van der Waals surface area contributed by atoms with Crippen LogP contribution in [0.4, 0.5) is 0 Å². The van der Waals surface area contributed by atoms with Crippen molar-refractivity contribution in [2.45, 2.75) is 45.7 Å². The molecule has 104 valence electrons. The van der Waals surface area contributed by atoms with Crippen LogP contribution in [0.3, 0.4) is 0 Å². The van der Waals surface area contributed by atoms with E-state index >= 15 is 0 Å². The van der Waals surface area contributed by atoms with E-state index in [0.29, 0.717) is 0 Å². The zero-order chi connectivity index (χ0) is 13.5. The molecule has 5 heteroatoms. The SMILES string of the molecule is CCOCCCC(N)c1c(OC)cnn1C(C)C. The van der Waals surface area contributed by atoms with Crippen molar-refractivity contribution in [3.05, 3.63) is 11.9 Å². The van der Waals surface area contributed by atoms with Gasteiger partial charge in [0.2, 0.25) is 0 Å². The van der Waals surface area contributed by atoms with Gasteiger partial charge in [-0.1, -0.05) is 0 Å².